The number of nitrogens with zero attached hydrogens (tertiary/aromatic N) is 1. The van der Waals surface area contributed by atoms with Crippen LogP contribution in [0.2, 0.25) is 0 Å². The van der Waals surface area contributed by atoms with Gasteiger partial charge in [0.25, 0.3) is 5.69 Å². The van der Waals surface area contributed by atoms with Crippen molar-refractivity contribution in [3.8, 4) is 11.5 Å². The van der Waals surface area contributed by atoms with E-state index in [1.165, 1.54) is 6.07 Å². The van der Waals surface area contributed by atoms with Gasteiger partial charge >= 0.3 is 0 Å². The average molecular weight is 281 g/mol. The van der Waals surface area contributed by atoms with Gasteiger partial charge in [0.2, 0.25) is 6.79 Å². The van der Waals surface area contributed by atoms with Gasteiger partial charge in [0.15, 0.2) is 11.5 Å². The second kappa shape index (κ2) is 5.64. The Morgan fingerprint density at radius 2 is 2.15 bits per heavy atom. The molecule has 2 aliphatic rings. The Morgan fingerprint density at radius 1 is 1.35 bits per heavy atom. The van der Waals surface area contributed by atoms with Gasteiger partial charge in [-0.15, -0.1) is 0 Å². The van der Waals surface area contributed by atoms with E-state index >= 15 is 0 Å². The van der Waals surface area contributed by atoms with E-state index in [1.54, 1.807) is 6.07 Å². The number of benzene rings is 1. The molecule has 2 aliphatic heterocycles. The Bertz CT molecular complexity index is 514. The minimum Gasteiger partial charge on any atom is -0.454 e. The first kappa shape index (κ1) is 13.1. The number of nitro benzene ring substituents is 1. The van der Waals surface area contributed by atoms with Crippen LogP contribution in [-0.2, 0) is 11.3 Å². The van der Waals surface area contributed by atoms with Gasteiger partial charge in [-0.3, -0.25) is 10.1 Å². The van der Waals surface area contributed by atoms with E-state index in [2.05, 4.69) is 0 Å². The summed E-state index contributed by atoms with van der Waals surface area (Å²) in [5.74, 6) is 1.02. The van der Waals surface area contributed by atoms with Crippen molar-refractivity contribution in [2.75, 3.05) is 19.9 Å². The van der Waals surface area contributed by atoms with Crippen LogP contribution in [0.4, 0.5) is 5.69 Å². The number of fused-ring (bicyclic) bond motifs is 1. The van der Waals surface area contributed by atoms with Gasteiger partial charge in [0, 0.05) is 6.61 Å². The number of ether oxygens (including phenoxy) is 3. The zero-order chi connectivity index (χ0) is 13.9. The molecule has 7 nitrogen and oxygen atoms in total. The highest BCUT2D eigenvalue weighted by Crippen LogP contribution is 2.37. The van der Waals surface area contributed by atoms with Crippen LogP contribution in [0.25, 0.3) is 0 Å². The molecule has 0 radical (unpaired) electrons. The Hall–Kier alpha value is -1.86. The van der Waals surface area contributed by atoms with Gasteiger partial charge in [0.05, 0.1) is 16.6 Å². The van der Waals surface area contributed by atoms with E-state index in [1.807, 2.05) is 5.32 Å². The molecule has 20 heavy (non-hydrogen) atoms. The van der Waals surface area contributed by atoms with Crippen molar-refractivity contribution in [1.29, 1.82) is 0 Å². The van der Waals surface area contributed by atoms with Gasteiger partial charge in [-0.1, -0.05) is 0 Å². The highest BCUT2D eigenvalue weighted by molar-refractivity contribution is 5.54. The topological polar surface area (TPSA) is 87.4 Å². The smallest absolute Gasteiger partial charge is 0.282 e. The number of quaternary nitrogens is 1. The number of hydrogen-bond donors (Lipinski definition) is 1. The molecule has 0 spiro atoms. The van der Waals surface area contributed by atoms with Gasteiger partial charge in [-0.25, -0.2) is 0 Å². The van der Waals surface area contributed by atoms with Crippen LogP contribution in [0.5, 0.6) is 11.5 Å². The monoisotopic (exact) mass is 281 g/mol. The summed E-state index contributed by atoms with van der Waals surface area (Å²) in [6.45, 7) is 2.30. The molecule has 0 saturated carbocycles. The van der Waals surface area contributed by atoms with E-state index in [4.69, 9.17) is 14.2 Å². The lowest BCUT2D eigenvalue weighted by molar-refractivity contribution is -0.676. The van der Waals surface area contributed by atoms with Crippen LogP contribution in [0.3, 0.4) is 0 Å². The van der Waals surface area contributed by atoms with Crippen LogP contribution in [0.15, 0.2) is 12.1 Å². The van der Waals surface area contributed by atoms with E-state index in [9.17, 15) is 10.1 Å². The predicted octanol–water partition coefficient (Wildman–Crippen LogP) is 0.566. The Kier molecular flexibility index (Phi) is 3.70. The Labute approximate surface area is 116 Å². The van der Waals surface area contributed by atoms with Gasteiger partial charge < -0.3 is 19.5 Å². The number of rotatable bonds is 5. The lowest BCUT2D eigenvalue weighted by Crippen LogP contribution is -2.84. The van der Waals surface area contributed by atoms with Gasteiger partial charge in [0.1, 0.15) is 19.2 Å². The number of hydrogen-bond acceptors (Lipinski definition) is 5. The first-order valence-electron chi connectivity index (χ1n) is 6.74. The van der Waals surface area contributed by atoms with Crippen molar-refractivity contribution in [2.45, 2.75) is 25.5 Å². The third-order valence-electron chi connectivity index (χ3n) is 3.59. The molecule has 2 heterocycles. The molecule has 1 fully saturated rings. The second-order valence-electron chi connectivity index (χ2n) is 4.95. The summed E-state index contributed by atoms with van der Waals surface area (Å²) in [5, 5.41) is 13.2. The molecule has 108 valence electrons. The summed E-state index contributed by atoms with van der Waals surface area (Å²) in [4.78, 5) is 10.7. The molecule has 1 aromatic rings. The van der Waals surface area contributed by atoms with Crippen LogP contribution in [0.1, 0.15) is 18.4 Å². The van der Waals surface area contributed by atoms with Crippen molar-refractivity contribution in [3.05, 3.63) is 27.8 Å². The minimum atomic E-state index is -0.378. The molecule has 0 unspecified atom stereocenters. The predicted molar refractivity (Wildman–Crippen MR) is 68.7 cm³/mol. The Balaban J connectivity index is 1.69. The van der Waals surface area contributed by atoms with Crippen molar-refractivity contribution in [3.63, 3.8) is 0 Å². The fourth-order valence-corrected chi connectivity index (χ4v) is 2.56. The number of nitrogens with two attached hydrogens (primary N) is 1. The van der Waals surface area contributed by atoms with E-state index < -0.39 is 0 Å². The minimum absolute atomic E-state index is 0.0813. The summed E-state index contributed by atoms with van der Waals surface area (Å²) in [6, 6.07) is 3.14. The molecule has 0 amide bonds. The lowest BCUT2D eigenvalue weighted by Gasteiger charge is -2.08. The van der Waals surface area contributed by atoms with Crippen molar-refractivity contribution >= 4 is 5.69 Å². The quantitative estimate of drug-likeness (QED) is 0.629. The summed E-state index contributed by atoms with van der Waals surface area (Å²) < 4.78 is 16.0. The summed E-state index contributed by atoms with van der Waals surface area (Å²) in [7, 11) is 0. The molecule has 0 aliphatic carbocycles. The zero-order valence-corrected chi connectivity index (χ0v) is 11.0. The fourth-order valence-electron chi connectivity index (χ4n) is 2.56. The molecule has 1 atom stereocenters. The first-order chi connectivity index (χ1) is 9.74. The summed E-state index contributed by atoms with van der Waals surface area (Å²) >= 11 is 0. The molecule has 3 rings (SSSR count). The van der Waals surface area contributed by atoms with Crippen LogP contribution in [-0.4, -0.2) is 31.0 Å². The van der Waals surface area contributed by atoms with Gasteiger partial charge in [-0.05, 0) is 18.9 Å². The maximum absolute atomic E-state index is 11.1. The molecule has 1 aromatic carbocycles. The van der Waals surface area contributed by atoms with Crippen molar-refractivity contribution in [1.82, 2.24) is 0 Å². The molecule has 1 saturated heterocycles. The summed E-state index contributed by atoms with van der Waals surface area (Å²) in [5.41, 5.74) is 0.732. The third-order valence-corrected chi connectivity index (χ3v) is 3.59. The highest BCUT2D eigenvalue weighted by atomic mass is 16.7. The highest BCUT2D eigenvalue weighted by Gasteiger charge is 2.24. The molecular formula is C13H17N2O5+. The van der Waals surface area contributed by atoms with Crippen LogP contribution in [0, 0.1) is 10.1 Å². The molecule has 0 aromatic heterocycles. The SMILES string of the molecule is O=[N+]([O-])c1cc2c(cc1C[NH2+]C[C@@H]1CCCO1)OCO2. The van der Waals surface area contributed by atoms with Gasteiger partial charge in [-0.2, -0.15) is 0 Å². The largest absolute Gasteiger partial charge is 0.454 e. The van der Waals surface area contributed by atoms with E-state index in [0.717, 1.165) is 26.0 Å². The second-order valence-corrected chi connectivity index (χ2v) is 4.95. The van der Waals surface area contributed by atoms with Crippen molar-refractivity contribution in [2.24, 2.45) is 0 Å². The third kappa shape index (κ3) is 2.68. The first-order valence-corrected chi connectivity index (χ1v) is 6.74. The molecular weight excluding hydrogens is 264 g/mol. The van der Waals surface area contributed by atoms with E-state index in [-0.39, 0.29) is 23.5 Å². The average Bonchev–Trinajstić information content (AvgIpc) is 3.07. The molecule has 0 bridgehead atoms. The lowest BCUT2D eigenvalue weighted by atomic mass is 10.1. The molecule has 7 heteroatoms. The Morgan fingerprint density at radius 3 is 2.85 bits per heavy atom. The standard InChI is InChI=1S/C13H16N2O5/c16-15(17)11-5-13-12(19-8-20-13)4-9(11)6-14-7-10-2-1-3-18-10/h4-5,10,14H,1-3,6-8H2/p+1/t10-/m0/s1. The summed E-state index contributed by atoms with van der Waals surface area (Å²) in [6.07, 6.45) is 2.44. The molecule has 2 N–H and O–H groups in total. The van der Waals surface area contributed by atoms with E-state index in [0.29, 0.717) is 23.6 Å². The normalized spacial score (nSPS) is 20.3. The maximum atomic E-state index is 11.1. The van der Waals surface area contributed by atoms with Crippen molar-refractivity contribution < 1.29 is 24.5 Å². The van der Waals surface area contributed by atoms with Crippen LogP contribution < -0.4 is 14.8 Å². The fraction of sp³-hybridized carbons (Fsp3) is 0.538. The van der Waals surface area contributed by atoms with Crippen LogP contribution >= 0.6 is 0 Å². The number of nitro groups is 1. The zero-order valence-electron chi connectivity index (χ0n) is 11.0. The maximum Gasteiger partial charge on any atom is 0.282 e.